The van der Waals surface area contributed by atoms with E-state index in [2.05, 4.69) is 0 Å². The second-order valence-corrected chi connectivity index (χ2v) is 4.40. The molecule has 4 nitrogen and oxygen atoms in total. The number of hydrogen-bond acceptors (Lipinski definition) is 4. The molecule has 0 saturated heterocycles. The van der Waals surface area contributed by atoms with Crippen molar-refractivity contribution in [1.29, 1.82) is 0 Å². The third-order valence-electron chi connectivity index (χ3n) is 1.72. The van der Waals surface area contributed by atoms with E-state index < -0.39 is 10.1 Å². The van der Waals surface area contributed by atoms with Crippen LogP contribution in [0, 0.1) is 0 Å². The molecule has 0 spiro atoms. The summed E-state index contributed by atoms with van der Waals surface area (Å²) in [6, 6.07) is 0. The quantitative estimate of drug-likeness (QED) is 0.386. The van der Waals surface area contributed by atoms with Gasteiger partial charge in [0.2, 0.25) is 0 Å². The molecule has 1 aliphatic heterocycles. The fourth-order valence-electron chi connectivity index (χ4n) is 1.12. The summed E-state index contributed by atoms with van der Waals surface area (Å²) in [6.45, 7) is 1.40. The van der Waals surface area contributed by atoms with Gasteiger partial charge in [0, 0.05) is 18.8 Å². The van der Waals surface area contributed by atoms with Crippen molar-refractivity contribution in [2.24, 2.45) is 0 Å². The average molecular weight is 225 g/mol. The maximum absolute atomic E-state index is 10.3. The molecule has 0 unspecified atom stereocenters. The molecule has 0 N–H and O–H groups in total. The smallest absolute Gasteiger partial charge is 0.748 e. The largest absolute Gasteiger partial charge is 1.00 e. The van der Waals surface area contributed by atoms with Crippen LogP contribution in [0.5, 0.6) is 0 Å². The van der Waals surface area contributed by atoms with E-state index in [9.17, 15) is 13.0 Å². The summed E-state index contributed by atoms with van der Waals surface area (Å²) < 4.78 is 30.8. The summed E-state index contributed by atoms with van der Waals surface area (Å²) in [6.07, 6.45) is 8.07. The molecule has 0 aliphatic carbocycles. The van der Waals surface area contributed by atoms with Gasteiger partial charge >= 0.3 is 29.6 Å². The SMILES string of the molecule is O=S(=O)([O-])CCCN1C=CC=CC1.[Na+]. The minimum atomic E-state index is -4.04. The van der Waals surface area contributed by atoms with Crippen LogP contribution in [-0.4, -0.2) is 36.7 Å². The van der Waals surface area contributed by atoms with Gasteiger partial charge in [-0.1, -0.05) is 12.2 Å². The van der Waals surface area contributed by atoms with Crippen molar-refractivity contribution in [1.82, 2.24) is 4.90 Å². The summed E-state index contributed by atoms with van der Waals surface area (Å²) in [5.74, 6) is -0.277. The molecule has 1 aliphatic rings. The number of nitrogens with zero attached hydrogens (tertiary/aromatic N) is 1. The van der Waals surface area contributed by atoms with Crippen LogP contribution in [0.25, 0.3) is 0 Å². The number of hydrogen-bond donors (Lipinski definition) is 0. The first kappa shape index (κ1) is 14.2. The topological polar surface area (TPSA) is 60.4 Å². The Bertz CT molecular complexity index is 311. The Labute approximate surface area is 107 Å². The van der Waals surface area contributed by atoms with Gasteiger partial charge in [-0.3, -0.25) is 0 Å². The molecular weight excluding hydrogens is 213 g/mol. The standard InChI is InChI=1S/C8H13NO3S.Na/c10-13(11,12)8-4-7-9-5-2-1-3-6-9;/h1-3,5H,4,6-8H2,(H,10,11,12);/q;+1/p-1. The zero-order chi connectivity index (χ0) is 9.73. The molecule has 74 valence electrons. The van der Waals surface area contributed by atoms with Crippen LogP contribution < -0.4 is 29.6 Å². The Morgan fingerprint density at radius 2 is 2.07 bits per heavy atom. The van der Waals surface area contributed by atoms with Crippen LogP contribution in [0.1, 0.15) is 6.42 Å². The third kappa shape index (κ3) is 6.62. The van der Waals surface area contributed by atoms with Crippen LogP contribution in [-0.2, 0) is 10.1 Å². The first-order valence-corrected chi connectivity index (χ1v) is 5.66. The molecule has 6 heteroatoms. The van der Waals surface area contributed by atoms with Gasteiger partial charge in [-0.25, -0.2) is 8.42 Å². The zero-order valence-corrected chi connectivity index (χ0v) is 11.0. The van der Waals surface area contributed by atoms with E-state index in [1.54, 1.807) is 0 Å². The summed E-state index contributed by atoms with van der Waals surface area (Å²) in [5, 5.41) is 0. The normalized spacial score (nSPS) is 15.4. The van der Waals surface area contributed by atoms with E-state index in [0.29, 0.717) is 13.0 Å². The number of allylic oxidation sites excluding steroid dienone is 2. The Morgan fingerprint density at radius 3 is 2.57 bits per heavy atom. The van der Waals surface area contributed by atoms with E-state index >= 15 is 0 Å². The van der Waals surface area contributed by atoms with Crippen molar-refractivity contribution in [3.63, 3.8) is 0 Å². The van der Waals surface area contributed by atoms with Crippen molar-refractivity contribution in [3.8, 4) is 0 Å². The molecule has 1 heterocycles. The van der Waals surface area contributed by atoms with E-state index in [4.69, 9.17) is 0 Å². The first-order chi connectivity index (χ1) is 6.08. The molecule has 0 atom stereocenters. The predicted octanol–water partition coefficient (Wildman–Crippen LogP) is -2.69. The molecule has 0 saturated carbocycles. The van der Waals surface area contributed by atoms with Crippen LogP contribution in [0.4, 0.5) is 0 Å². The molecule has 0 bridgehead atoms. The third-order valence-corrected chi connectivity index (χ3v) is 2.51. The molecular formula is C8H12NNaO3S. The minimum absolute atomic E-state index is 0. The van der Waals surface area contributed by atoms with Gasteiger partial charge in [-0.2, -0.15) is 0 Å². The maximum atomic E-state index is 10.3. The zero-order valence-electron chi connectivity index (χ0n) is 8.22. The molecule has 0 fully saturated rings. The van der Waals surface area contributed by atoms with Crippen molar-refractivity contribution in [2.45, 2.75) is 6.42 Å². The van der Waals surface area contributed by atoms with Gasteiger partial charge in [0.25, 0.3) is 0 Å². The molecule has 0 amide bonds. The van der Waals surface area contributed by atoms with Crippen LogP contribution in [0.3, 0.4) is 0 Å². The van der Waals surface area contributed by atoms with E-state index in [1.165, 1.54) is 0 Å². The first-order valence-electron chi connectivity index (χ1n) is 4.09. The van der Waals surface area contributed by atoms with Gasteiger partial charge in [0.15, 0.2) is 0 Å². The maximum Gasteiger partial charge on any atom is 1.00 e. The predicted molar refractivity (Wildman–Crippen MR) is 49.0 cm³/mol. The van der Waals surface area contributed by atoms with E-state index in [0.717, 1.165) is 6.54 Å². The monoisotopic (exact) mass is 225 g/mol. The average Bonchev–Trinajstić information content (AvgIpc) is 2.04. The minimum Gasteiger partial charge on any atom is -0.748 e. The molecule has 14 heavy (non-hydrogen) atoms. The molecule has 1 rings (SSSR count). The second kappa shape index (κ2) is 6.63. The summed E-state index contributed by atoms with van der Waals surface area (Å²) in [4.78, 5) is 1.96. The Morgan fingerprint density at radius 1 is 1.36 bits per heavy atom. The Kier molecular flexibility index (Phi) is 6.72. The van der Waals surface area contributed by atoms with Crippen LogP contribution in [0.2, 0.25) is 0 Å². The van der Waals surface area contributed by atoms with Gasteiger partial charge in [-0.15, -0.1) is 0 Å². The summed E-state index contributed by atoms with van der Waals surface area (Å²) in [7, 11) is -4.04. The fraction of sp³-hybridized carbons (Fsp3) is 0.500. The molecule has 0 radical (unpaired) electrons. The molecule has 0 aromatic heterocycles. The van der Waals surface area contributed by atoms with Gasteiger partial charge in [-0.05, 0) is 18.7 Å². The van der Waals surface area contributed by atoms with Crippen LogP contribution >= 0.6 is 0 Å². The van der Waals surface area contributed by atoms with Crippen molar-refractivity contribution >= 4 is 10.1 Å². The van der Waals surface area contributed by atoms with E-state index in [-0.39, 0.29) is 35.3 Å². The van der Waals surface area contributed by atoms with Crippen LogP contribution in [0.15, 0.2) is 24.4 Å². The van der Waals surface area contributed by atoms with Crippen molar-refractivity contribution in [3.05, 3.63) is 24.4 Å². The van der Waals surface area contributed by atoms with Gasteiger partial charge in [0.05, 0.1) is 10.1 Å². The van der Waals surface area contributed by atoms with Gasteiger partial charge in [0.1, 0.15) is 0 Å². The number of rotatable bonds is 4. The molecule has 0 aromatic rings. The van der Waals surface area contributed by atoms with Crippen molar-refractivity contribution < 1.29 is 42.5 Å². The Hall–Kier alpha value is 0.190. The van der Waals surface area contributed by atoms with Crippen molar-refractivity contribution in [2.75, 3.05) is 18.8 Å². The summed E-state index contributed by atoms with van der Waals surface area (Å²) in [5.41, 5.74) is 0. The molecule has 0 aromatic carbocycles. The fourth-order valence-corrected chi connectivity index (χ4v) is 1.60. The van der Waals surface area contributed by atoms with Gasteiger partial charge < -0.3 is 9.45 Å². The van der Waals surface area contributed by atoms with E-state index in [1.807, 2.05) is 29.3 Å². The Balaban J connectivity index is 0.00000169. The second-order valence-electron chi connectivity index (χ2n) is 2.88. The summed E-state index contributed by atoms with van der Waals surface area (Å²) >= 11 is 0.